The lowest BCUT2D eigenvalue weighted by Crippen LogP contribution is -2.09. The Morgan fingerprint density at radius 1 is 1.11 bits per heavy atom. The van der Waals surface area contributed by atoms with Crippen molar-refractivity contribution >= 4 is 9.84 Å². The predicted molar refractivity (Wildman–Crippen MR) is 74.6 cm³/mol. The van der Waals surface area contributed by atoms with Gasteiger partial charge in [-0.3, -0.25) is 0 Å². The Kier molecular flexibility index (Phi) is 4.44. The highest BCUT2D eigenvalue weighted by Crippen LogP contribution is 2.42. The van der Waals surface area contributed by atoms with Gasteiger partial charge in [0.15, 0.2) is 9.84 Å². The zero-order valence-corrected chi connectivity index (χ0v) is 11.9. The number of hydrogen-bond acceptors (Lipinski definition) is 2. The molecule has 0 unspecified atom stereocenters. The van der Waals surface area contributed by atoms with E-state index in [0.717, 1.165) is 44.1 Å². The lowest BCUT2D eigenvalue weighted by molar-refractivity contribution is 0.588. The summed E-state index contributed by atoms with van der Waals surface area (Å²) in [6.45, 7) is 2.14. The van der Waals surface area contributed by atoms with Gasteiger partial charge in [0.05, 0.1) is 10.6 Å². The highest BCUT2D eigenvalue weighted by molar-refractivity contribution is 7.91. The zero-order valence-electron chi connectivity index (χ0n) is 11.1. The summed E-state index contributed by atoms with van der Waals surface area (Å²) in [6.07, 6.45) is 6.35. The molecule has 0 N–H and O–H groups in total. The summed E-state index contributed by atoms with van der Waals surface area (Å²) >= 11 is 0. The van der Waals surface area contributed by atoms with Crippen LogP contribution >= 0.6 is 0 Å². The third-order valence-corrected chi connectivity index (χ3v) is 5.41. The summed E-state index contributed by atoms with van der Waals surface area (Å²) in [7, 11) is -3.08. The van der Waals surface area contributed by atoms with Gasteiger partial charge in [-0.2, -0.15) is 0 Å². The molecular formula is C15H22O2S. The molecule has 1 aliphatic rings. The number of rotatable bonds is 7. The van der Waals surface area contributed by atoms with E-state index >= 15 is 0 Å². The molecule has 18 heavy (non-hydrogen) atoms. The molecule has 3 heteroatoms. The van der Waals surface area contributed by atoms with Crippen LogP contribution in [0.2, 0.25) is 0 Å². The number of unbranched alkanes of at least 4 members (excludes halogenated alkanes) is 3. The number of hydrogen-bond donors (Lipinski definition) is 0. The van der Waals surface area contributed by atoms with Crippen LogP contribution in [-0.4, -0.2) is 14.2 Å². The van der Waals surface area contributed by atoms with Gasteiger partial charge in [-0.25, -0.2) is 8.42 Å². The minimum atomic E-state index is -3.08. The first-order chi connectivity index (χ1) is 8.65. The van der Waals surface area contributed by atoms with Gasteiger partial charge in [0.2, 0.25) is 0 Å². The molecule has 0 aromatic heterocycles. The van der Waals surface area contributed by atoms with E-state index in [1.807, 2.05) is 18.2 Å². The zero-order chi connectivity index (χ0) is 13.0. The molecule has 0 aliphatic heterocycles. The van der Waals surface area contributed by atoms with Gasteiger partial charge in [-0.1, -0.05) is 44.4 Å². The first-order valence-electron chi connectivity index (χ1n) is 6.97. The van der Waals surface area contributed by atoms with Crippen LogP contribution in [0.15, 0.2) is 29.2 Å². The van der Waals surface area contributed by atoms with E-state index in [9.17, 15) is 8.42 Å². The smallest absolute Gasteiger partial charge is 0.178 e. The van der Waals surface area contributed by atoms with Crippen LogP contribution in [0.1, 0.15) is 56.9 Å². The molecule has 0 amide bonds. The van der Waals surface area contributed by atoms with E-state index in [4.69, 9.17) is 0 Å². The summed E-state index contributed by atoms with van der Waals surface area (Å²) in [5, 5.41) is 0. The average molecular weight is 266 g/mol. The quantitative estimate of drug-likeness (QED) is 0.701. The molecule has 0 spiro atoms. The van der Waals surface area contributed by atoms with Crippen LogP contribution in [-0.2, 0) is 9.84 Å². The third-order valence-electron chi connectivity index (χ3n) is 3.54. The largest absolute Gasteiger partial charge is 0.224 e. The second kappa shape index (κ2) is 5.87. The SMILES string of the molecule is CCCCCCS(=O)(=O)c1ccccc1C1CC1. The molecule has 1 saturated carbocycles. The Labute approximate surface area is 110 Å². The molecule has 1 aromatic carbocycles. The minimum absolute atomic E-state index is 0.302. The standard InChI is InChI=1S/C15H22O2S/c1-2-3-4-7-12-18(16,17)15-9-6-5-8-14(15)13-10-11-13/h5-6,8-9,13H,2-4,7,10-12H2,1H3. The number of sulfone groups is 1. The van der Waals surface area contributed by atoms with E-state index < -0.39 is 9.84 Å². The molecule has 1 aromatic rings. The third kappa shape index (κ3) is 3.35. The molecule has 0 saturated heterocycles. The van der Waals surface area contributed by atoms with Crippen molar-refractivity contribution in [2.45, 2.75) is 56.3 Å². The highest BCUT2D eigenvalue weighted by atomic mass is 32.2. The molecular weight excluding hydrogens is 244 g/mol. The lowest BCUT2D eigenvalue weighted by atomic mass is 10.1. The monoisotopic (exact) mass is 266 g/mol. The van der Waals surface area contributed by atoms with Crippen molar-refractivity contribution in [3.8, 4) is 0 Å². The van der Waals surface area contributed by atoms with Crippen LogP contribution in [0.3, 0.4) is 0 Å². The summed E-state index contributed by atoms with van der Waals surface area (Å²) in [4.78, 5) is 0.587. The van der Waals surface area contributed by atoms with E-state index in [-0.39, 0.29) is 0 Å². The summed E-state index contributed by atoms with van der Waals surface area (Å²) in [5.41, 5.74) is 1.05. The summed E-state index contributed by atoms with van der Waals surface area (Å²) in [5.74, 6) is 0.795. The predicted octanol–water partition coefficient (Wildman–Crippen LogP) is 3.92. The van der Waals surface area contributed by atoms with Crippen molar-refractivity contribution in [1.29, 1.82) is 0 Å². The maximum atomic E-state index is 12.3. The molecule has 0 radical (unpaired) electrons. The van der Waals surface area contributed by atoms with Crippen molar-refractivity contribution < 1.29 is 8.42 Å². The van der Waals surface area contributed by atoms with Crippen molar-refractivity contribution in [1.82, 2.24) is 0 Å². The molecule has 2 nitrogen and oxygen atoms in total. The summed E-state index contributed by atoms with van der Waals surface area (Å²) in [6, 6.07) is 7.55. The average Bonchev–Trinajstić information content (AvgIpc) is 3.19. The molecule has 0 atom stereocenters. The first-order valence-corrected chi connectivity index (χ1v) is 8.62. The fourth-order valence-corrected chi connectivity index (χ4v) is 4.01. The van der Waals surface area contributed by atoms with Crippen LogP contribution in [0.5, 0.6) is 0 Å². The minimum Gasteiger partial charge on any atom is -0.224 e. The second-order valence-electron chi connectivity index (χ2n) is 5.19. The maximum absolute atomic E-state index is 12.3. The molecule has 1 fully saturated rings. The Balaban J connectivity index is 2.09. The first kappa shape index (κ1) is 13.6. The van der Waals surface area contributed by atoms with Crippen molar-refractivity contribution in [3.05, 3.63) is 29.8 Å². The van der Waals surface area contributed by atoms with Crippen LogP contribution in [0.4, 0.5) is 0 Å². The highest BCUT2D eigenvalue weighted by Gasteiger charge is 2.29. The van der Waals surface area contributed by atoms with Gasteiger partial charge in [0.1, 0.15) is 0 Å². The van der Waals surface area contributed by atoms with Crippen molar-refractivity contribution in [2.75, 3.05) is 5.75 Å². The van der Waals surface area contributed by atoms with Gasteiger partial charge in [0.25, 0.3) is 0 Å². The van der Waals surface area contributed by atoms with Crippen LogP contribution in [0.25, 0.3) is 0 Å². The Morgan fingerprint density at radius 2 is 1.83 bits per heavy atom. The maximum Gasteiger partial charge on any atom is 0.178 e. The van der Waals surface area contributed by atoms with Crippen molar-refractivity contribution in [3.63, 3.8) is 0 Å². The summed E-state index contributed by atoms with van der Waals surface area (Å²) < 4.78 is 24.7. The second-order valence-corrected chi connectivity index (χ2v) is 7.27. The van der Waals surface area contributed by atoms with Gasteiger partial charge in [0, 0.05) is 0 Å². The lowest BCUT2D eigenvalue weighted by Gasteiger charge is -2.09. The fourth-order valence-electron chi connectivity index (χ4n) is 2.32. The Bertz CT molecular complexity index is 487. The van der Waals surface area contributed by atoms with Gasteiger partial charge < -0.3 is 0 Å². The molecule has 1 aliphatic carbocycles. The van der Waals surface area contributed by atoms with Crippen LogP contribution < -0.4 is 0 Å². The van der Waals surface area contributed by atoms with Crippen molar-refractivity contribution in [2.24, 2.45) is 0 Å². The Hall–Kier alpha value is -0.830. The van der Waals surface area contributed by atoms with Gasteiger partial charge in [-0.15, -0.1) is 0 Å². The van der Waals surface area contributed by atoms with E-state index in [2.05, 4.69) is 6.92 Å². The van der Waals surface area contributed by atoms with Gasteiger partial charge in [-0.05, 0) is 36.8 Å². The fraction of sp³-hybridized carbons (Fsp3) is 0.600. The molecule has 2 rings (SSSR count). The molecule has 0 heterocycles. The molecule has 100 valence electrons. The van der Waals surface area contributed by atoms with E-state index in [1.54, 1.807) is 6.07 Å². The topological polar surface area (TPSA) is 34.1 Å². The van der Waals surface area contributed by atoms with E-state index in [0.29, 0.717) is 16.6 Å². The molecule has 0 bridgehead atoms. The number of benzene rings is 1. The van der Waals surface area contributed by atoms with Crippen LogP contribution in [0, 0.1) is 0 Å². The van der Waals surface area contributed by atoms with E-state index in [1.165, 1.54) is 0 Å². The van der Waals surface area contributed by atoms with Gasteiger partial charge >= 0.3 is 0 Å². The Morgan fingerprint density at radius 3 is 2.50 bits per heavy atom. The normalized spacial score (nSPS) is 15.8.